The van der Waals surface area contributed by atoms with Crippen LogP contribution in [-0.4, -0.2) is 34.8 Å². The van der Waals surface area contributed by atoms with Gasteiger partial charge in [-0.25, -0.2) is 8.42 Å². The molecule has 1 aromatic carbocycles. The minimum atomic E-state index is -3.21. The topological polar surface area (TPSA) is 40.6 Å². The molecule has 0 amide bonds. The van der Waals surface area contributed by atoms with E-state index >= 15 is 0 Å². The van der Waals surface area contributed by atoms with Gasteiger partial charge in [0.15, 0.2) is 0 Å². The van der Waals surface area contributed by atoms with Gasteiger partial charge in [-0.2, -0.15) is 0 Å². The molecule has 0 bridgehead atoms. The highest BCUT2D eigenvalue weighted by molar-refractivity contribution is 7.92. The molecule has 1 aromatic rings. The minimum Gasteiger partial charge on any atom is -0.373 e. The van der Waals surface area contributed by atoms with Crippen molar-refractivity contribution in [2.24, 2.45) is 5.92 Å². The molecular weight excluding hydrogens is 236 g/mol. The van der Waals surface area contributed by atoms with Gasteiger partial charge in [0, 0.05) is 20.1 Å². The lowest BCUT2D eigenvalue weighted by Gasteiger charge is -2.23. The number of anilines is 2. The quantitative estimate of drug-likeness (QED) is 0.763. The molecule has 4 nitrogen and oxygen atoms in total. The third-order valence-electron chi connectivity index (χ3n) is 3.03. The van der Waals surface area contributed by atoms with Gasteiger partial charge in [0.1, 0.15) is 0 Å². The van der Waals surface area contributed by atoms with Gasteiger partial charge >= 0.3 is 0 Å². The van der Waals surface area contributed by atoms with Crippen molar-refractivity contribution in [2.75, 3.05) is 35.6 Å². The highest BCUT2D eigenvalue weighted by atomic mass is 32.2. The first-order chi connectivity index (χ1) is 7.89. The number of hydrogen-bond donors (Lipinski definition) is 0. The first kappa shape index (κ1) is 12.2. The summed E-state index contributed by atoms with van der Waals surface area (Å²) in [7, 11) is -1.21. The Labute approximate surface area is 103 Å². The summed E-state index contributed by atoms with van der Waals surface area (Å²) in [5.41, 5.74) is 1.75. The van der Waals surface area contributed by atoms with Crippen molar-refractivity contribution in [1.82, 2.24) is 0 Å². The minimum absolute atomic E-state index is 0.308. The second kappa shape index (κ2) is 4.22. The fraction of sp³-hybridized carbons (Fsp3) is 0.500. The average molecular weight is 254 g/mol. The Balaban J connectivity index is 2.57. The van der Waals surface area contributed by atoms with Crippen LogP contribution in [0.15, 0.2) is 24.3 Å². The van der Waals surface area contributed by atoms with E-state index in [1.807, 2.05) is 31.3 Å². The summed E-state index contributed by atoms with van der Waals surface area (Å²) in [6.07, 6.45) is 1.27. The van der Waals surface area contributed by atoms with E-state index in [9.17, 15) is 8.42 Å². The number of benzene rings is 1. The second-order valence-corrected chi connectivity index (χ2v) is 6.68. The molecule has 0 saturated carbocycles. The Morgan fingerprint density at radius 3 is 2.35 bits per heavy atom. The molecule has 0 spiro atoms. The monoisotopic (exact) mass is 254 g/mol. The molecule has 17 heavy (non-hydrogen) atoms. The number of hydrogen-bond acceptors (Lipinski definition) is 3. The molecule has 1 aliphatic heterocycles. The highest BCUT2D eigenvalue weighted by Gasteiger charge is 2.27. The van der Waals surface area contributed by atoms with Crippen molar-refractivity contribution < 1.29 is 8.42 Å². The number of rotatable bonds is 1. The maximum absolute atomic E-state index is 11.9. The number of sulfonamides is 1. The van der Waals surface area contributed by atoms with Gasteiger partial charge < -0.3 is 4.90 Å². The predicted octanol–water partition coefficient (Wildman–Crippen LogP) is 1.54. The molecule has 0 N–H and O–H groups in total. The van der Waals surface area contributed by atoms with Crippen LogP contribution in [0.2, 0.25) is 0 Å². The third kappa shape index (κ3) is 2.39. The Hall–Kier alpha value is -1.23. The summed E-state index contributed by atoms with van der Waals surface area (Å²) in [6, 6.07) is 7.64. The fourth-order valence-electron chi connectivity index (χ4n) is 2.32. The normalized spacial score (nSPS) is 21.0. The Morgan fingerprint density at radius 1 is 1.18 bits per heavy atom. The summed E-state index contributed by atoms with van der Waals surface area (Å²) in [6.45, 7) is 3.48. The smallest absolute Gasteiger partial charge is 0.232 e. The van der Waals surface area contributed by atoms with Crippen molar-refractivity contribution in [3.8, 4) is 0 Å². The van der Waals surface area contributed by atoms with Crippen LogP contribution in [0.1, 0.15) is 6.92 Å². The lowest BCUT2D eigenvalue weighted by molar-refractivity contribution is 0.571. The molecule has 0 aromatic heterocycles. The van der Waals surface area contributed by atoms with Crippen LogP contribution >= 0.6 is 0 Å². The molecule has 1 atom stereocenters. The zero-order valence-corrected chi connectivity index (χ0v) is 11.2. The zero-order valence-electron chi connectivity index (χ0n) is 10.4. The van der Waals surface area contributed by atoms with E-state index in [0.29, 0.717) is 12.5 Å². The van der Waals surface area contributed by atoms with Crippen LogP contribution in [0.5, 0.6) is 0 Å². The maximum Gasteiger partial charge on any atom is 0.232 e. The predicted molar refractivity (Wildman–Crippen MR) is 71.1 cm³/mol. The van der Waals surface area contributed by atoms with Gasteiger partial charge in [-0.05, 0) is 18.1 Å². The van der Waals surface area contributed by atoms with E-state index in [0.717, 1.165) is 17.9 Å². The number of para-hydroxylation sites is 2. The van der Waals surface area contributed by atoms with Crippen molar-refractivity contribution >= 4 is 21.4 Å². The third-order valence-corrected chi connectivity index (χ3v) is 4.17. The van der Waals surface area contributed by atoms with Crippen LogP contribution in [-0.2, 0) is 10.0 Å². The second-order valence-electron chi connectivity index (χ2n) is 4.77. The molecule has 0 radical (unpaired) electrons. The van der Waals surface area contributed by atoms with E-state index in [1.54, 1.807) is 0 Å². The average Bonchev–Trinajstić information content (AvgIpc) is 2.36. The fourth-order valence-corrected chi connectivity index (χ4v) is 3.35. The Morgan fingerprint density at radius 2 is 1.76 bits per heavy atom. The molecule has 0 saturated heterocycles. The lowest BCUT2D eigenvalue weighted by atomic mass is 10.2. The van der Waals surface area contributed by atoms with Crippen LogP contribution in [0, 0.1) is 5.92 Å². The van der Waals surface area contributed by atoms with Crippen LogP contribution in [0.25, 0.3) is 0 Å². The Bertz CT molecular complexity index is 513. The standard InChI is InChI=1S/C12H18N2O2S/c1-10-8-13(2)11-6-4-5-7-12(11)14(9-10)17(3,15)16/h4-7,10H,8-9H2,1-3H3. The molecule has 1 heterocycles. The van der Waals surface area contributed by atoms with Gasteiger partial charge in [0.25, 0.3) is 0 Å². The Kier molecular flexibility index (Phi) is 3.03. The van der Waals surface area contributed by atoms with E-state index < -0.39 is 10.0 Å². The molecule has 94 valence electrons. The molecule has 5 heteroatoms. The molecular formula is C12H18N2O2S. The van der Waals surface area contributed by atoms with E-state index in [1.165, 1.54) is 10.6 Å². The summed E-state index contributed by atoms with van der Waals surface area (Å²) >= 11 is 0. The molecule has 2 rings (SSSR count). The maximum atomic E-state index is 11.9. The van der Waals surface area contributed by atoms with Crippen LogP contribution in [0.3, 0.4) is 0 Å². The largest absolute Gasteiger partial charge is 0.373 e. The highest BCUT2D eigenvalue weighted by Crippen LogP contribution is 2.33. The first-order valence-electron chi connectivity index (χ1n) is 5.67. The summed E-state index contributed by atoms with van der Waals surface area (Å²) in [4.78, 5) is 2.12. The van der Waals surface area contributed by atoms with E-state index in [4.69, 9.17) is 0 Å². The van der Waals surface area contributed by atoms with Crippen LogP contribution in [0.4, 0.5) is 11.4 Å². The molecule has 0 fully saturated rings. The SMILES string of the molecule is CC1CN(C)c2ccccc2N(S(C)(=O)=O)C1. The zero-order chi connectivity index (χ0) is 12.6. The number of fused-ring (bicyclic) bond motifs is 1. The first-order valence-corrected chi connectivity index (χ1v) is 7.52. The molecule has 0 aliphatic carbocycles. The lowest BCUT2D eigenvalue weighted by Crippen LogP contribution is -2.34. The van der Waals surface area contributed by atoms with Gasteiger partial charge in [-0.15, -0.1) is 0 Å². The van der Waals surface area contributed by atoms with Gasteiger partial charge in [0.05, 0.1) is 17.6 Å². The van der Waals surface area contributed by atoms with Crippen molar-refractivity contribution in [3.63, 3.8) is 0 Å². The van der Waals surface area contributed by atoms with Crippen molar-refractivity contribution in [3.05, 3.63) is 24.3 Å². The van der Waals surface area contributed by atoms with Gasteiger partial charge in [-0.3, -0.25) is 4.31 Å². The number of nitrogens with zero attached hydrogens (tertiary/aromatic N) is 2. The van der Waals surface area contributed by atoms with E-state index in [2.05, 4.69) is 11.8 Å². The summed E-state index contributed by atoms with van der Waals surface area (Å²) in [5, 5.41) is 0. The van der Waals surface area contributed by atoms with Crippen molar-refractivity contribution in [2.45, 2.75) is 6.92 Å². The van der Waals surface area contributed by atoms with Gasteiger partial charge in [-0.1, -0.05) is 19.1 Å². The molecule has 1 aliphatic rings. The molecule has 1 unspecified atom stereocenters. The van der Waals surface area contributed by atoms with E-state index in [-0.39, 0.29) is 0 Å². The summed E-state index contributed by atoms with van der Waals surface area (Å²) < 4.78 is 25.2. The summed E-state index contributed by atoms with van der Waals surface area (Å²) in [5.74, 6) is 0.308. The van der Waals surface area contributed by atoms with Crippen molar-refractivity contribution in [1.29, 1.82) is 0 Å². The van der Waals surface area contributed by atoms with Crippen LogP contribution < -0.4 is 9.21 Å². The van der Waals surface area contributed by atoms with Gasteiger partial charge in [0.2, 0.25) is 10.0 Å².